The highest BCUT2D eigenvalue weighted by molar-refractivity contribution is 7.12. The van der Waals surface area contributed by atoms with Crippen LogP contribution in [0.4, 0.5) is 11.4 Å². The smallest absolute Gasteiger partial charge is 0.268 e. The molecule has 0 radical (unpaired) electrons. The van der Waals surface area contributed by atoms with Gasteiger partial charge in [0, 0.05) is 23.5 Å². The van der Waals surface area contributed by atoms with Crippen molar-refractivity contribution in [3.05, 3.63) is 81.5 Å². The minimum atomic E-state index is -0.127. The maximum absolute atomic E-state index is 12.8. The number of fused-ring (bicyclic) bond motifs is 1. The zero-order valence-corrected chi connectivity index (χ0v) is 18.4. The van der Waals surface area contributed by atoms with Crippen LogP contribution in [0.15, 0.2) is 60.0 Å². The zero-order chi connectivity index (χ0) is 21.3. The lowest BCUT2D eigenvalue weighted by molar-refractivity contribution is 0.0987. The molecule has 0 spiro atoms. The van der Waals surface area contributed by atoms with Gasteiger partial charge in [0.1, 0.15) is 0 Å². The Morgan fingerprint density at radius 1 is 1.03 bits per heavy atom. The third-order valence-electron chi connectivity index (χ3n) is 5.45. The van der Waals surface area contributed by atoms with Gasteiger partial charge in [0.2, 0.25) is 0 Å². The lowest BCUT2D eigenvalue weighted by atomic mass is 9.87. The van der Waals surface area contributed by atoms with Gasteiger partial charge in [-0.25, -0.2) is 0 Å². The molecule has 0 bridgehead atoms. The van der Waals surface area contributed by atoms with Crippen LogP contribution in [0.5, 0.6) is 0 Å². The predicted molar refractivity (Wildman–Crippen MR) is 124 cm³/mol. The van der Waals surface area contributed by atoms with E-state index in [-0.39, 0.29) is 17.2 Å². The summed E-state index contributed by atoms with van der Waals surface area (Å²) in [7, 11) is 0. The van der Waals surface area contributed by atoms with Crippen molar-refractivity contribution in [1.82, 2.24) is 0 Å². The topological polar surface area (TPSA) is 49.4 Å². The van der Waals surface area contributed by atoms with E-state index in [0.717, 1.165) is 41.2 Å². The molecule has 1 aliphatic heterocycles. The highest BCUT2D eigenvalue weighted by Crippen LogP contribution is 2.31. The number of aryl methyl sites for hydroxylation is 1. The highest BCUT2D eigenvalue weighted by Gasteiger charge is 2.24. The van der Waals surface area contributed by atoms with Gasteiger partial charge < -0.3 is 10.2 Å². The maximum atomic E-state index is 12.8. The Bertz CT molecular complexity index is 1060. The molecule has 4 rings (SSSR count). The molecular weight excluding hydrogens is 392 g/mol. The molecule has 0 aliphatic carbocycles. The first-order valence-corrected chi connectivity index (χ1v) is 11.1. The van der Waals surface area contributed by atoms with E-state index in [1.807, 2.05) is 64.9 Å². The van der Waals surface area contributed by atoms with Gasteiger partial charge in [0.05, 0.1) is 4.88 Å². The Labute approximate surface area is 181 Å². The van der Waals surface area contributed by atoms with Crippen LogP contribution in [0.25, 0.3) is 0 Å². The Balaban J connectivity index is 1.51. The van der Waals surface area contributed by atoms with Gasteiger partial charge in [-0.2, -0.15) is 0 Å². The first kappa shape index (κ1) is 20.4. The number of hydrogen-bond acceptors (Lipinski definition) is 3. The number of anilines is 2. The molecule has 30 heavy (non-hydrogen) atoms. The number of amides is 2. The second kappa shape index (κ2) is 8.07. The molecule has 4 nitrogen and oxygen atoms in total. The van der Waals surface area contributed by atoms with E-state index in [4.69, 9.17) is 0 Å². The largest absolute Gasteiger partial charge is 0.322 e. The fraction of sp³-hybridized carbons (Fsp3) is 0.280. The molecule has 1 aromatic heterocycles. The number of thiophene rings is 1. The Kier molecular flexibility index (Phi) is 5.48. The number of nitrogens with one attached hydrogen (secondary N) is 1. The second-order valence-electron chi connectivity index (χ2n) is 8.66. The van der Waals surface area contributed by atoms with E-state index in [0.29, 0.717) is 5.56 Å². The molecule has 2 aromatic carbocycles. The third-order valence-corrected chi connectivity index (χ3v) is 6.30. The summed E-state index contributed by atoms with van der Waals surface area (Å²) in [5, 5.41) is 4.92. The zero-order valence-electron chi connectivity index (χ0n) is 17.6. The second-order valence-corrected chi connectivity index (χ2v) is 9.61. The van der Waals surface area contributed by atoms with E-state index >= 15 is 0 Å². The van der Waals surface area contributed by atoms with Crippen LogP contribution in [0, 0.1) is 0 Å². The van der Waals surface area contributed by atoms with Crippen molar-refractivity contribution in [3.63, 3.8) is 0 Å². The van der Waals surface area contributed by atoms with Crippen LogP contribution in [0.3, 0.4) is 0 Å². The first-order chi connectivity index (χ1) is 14.3. The fourth-order valence-corrected chi connectivity index (χ4v) is 4.42. The monoisotopic (exact) mass is 418 g/mol. The van der Waals surface area contributed by atoms with Crippen molar-refractivity contribution in [2.75, 3.05) is 16.8 Å². The first-order valence-electron chi connectivity index (χ1n) is 10.2. The van der Waals surface area contributed by atoms with Gasteiger partial charge in [-0.1, -0.05) is 39.0 Å². The van der Waals surface area contributed by atoms with Crippen molar-refractivity contribution in [2.24, 2.45) is 0 Å². The average Bonchev–Trinajstić information content (AvgIpc) is 3.27. The van der Waals surface area contributed by atoms with E-state index in [1.54, 1.807) is 0 Å². The summed E-state index contributed by atoms with van der Waals surface area (Å²) in [6.07, 6.45) is 1.81. The predicted octanol–water partition coefficient (Wildman–Crippen LogP) is 5.89. The summed E-state index contributed by atoms with van der Waals surface area (Å²) in [5.74, 6) is -0.0839. The summed E-state index contributed by atoms with van der Waals surface area (Å²) < 4.78 is 0. The minimum absolute atomic E-state index is 0.0432. The molecule has 0 atom stereocenters. The molecule has 0 saturated heterocycles. The normalized spacial score (nSPS) is 13.6. The van der Waals surface area contributed by atoms with E-state index < -0.39 is 0 Å². The van der Waals surface area contributed by atoms with Crippen LogP contribution in [-0.4, -0.2) is 18.4 Å². The van der Waals surface area contributed by atoms with Gasteiger partial charge >= 0.3 is 0 Å². The minimum Gasteiger partial charge on any atom is -0.322 e. The van der Waals surface area contributed by atoms with Gasteiger partial charge in [0.15, 0.2) is 0 Å². The molecule has 0 unspecified atom stereocenters. The lowest BCUT2D eigenvalue weighted by Crippen LogP contribution is -2.35. The Morgan fingerprint density at radius 2 is 1.80 bits per heavy atom. The molecule has 1 aliphatic rings. The van der Waals surface area contributed by atoms with Gasteiger partial charge in [0.25, 0.3) is 11.8 Å². The summed E-state index contributed by atoms with van der Waals surface area (Å²) in [5.41, 5.74) is 4.67. The number of rotatable bonds is 3. The number of carbonyl (C=O) groups excluding carboxylic acids is 2. The summed E-state index contributed by atoms with van der Waals surface area (Å²) in [6.45, 7) is 7.18. The molecule has 2 heterocycles. The summed E-state index contributed by atoms with van der Waals surface area (Å²) in [4.78, 5) is 28.1. The quantitative estimate of drug-likeness (QED) is 0.576. The number of nitrogens with zero attached hydrogens (tertiary/aromatic N) is 1. The Hall–Kier alpha value is -2.92. The molecule has 0 saturated carbocycles. The SMILES string of the molecule is CC(C)(C)c1ccc(C(=O)Nc2ccc3c(c2)CCCN3C(=O)c2cccs2)cc1. The molecule has 5 heteroatoms. The third kappa shape index (κ3) is 4.17. The lowest BCUT2D eigenvalue weighted by Gasteiger charge is -2.29. The van der Waals surface area contributed by atoms with Crippen LogP contribution in [-0.2, 0) is 11.8 Å². The molecule has 2 amide bonds. The summed E-state index contributed by atoms with van der Waals surface area (Å²) in [6, 6.07) is 17.3. The average molecular weight is 419 g/mol. The molecule has 1 N–H and O–H groups in total. The molecule has 0 fully saturated rings. The molecule has 3 aromatic rings. The van der Waals surface area contributed by atoms with E-state index in [2.05, 4.69) is 26.1 Å². The van der Waals surface area contributed by atoms with Crippen LogP contribution in [0.2, 0.25) is 0 Å². The summed E-state index contributed by atoms with van der Waals surface area (Å²) >= 11 is 1.46. The van der Waals surface area contributed by atoms with Crippen LogP contribution >= 0.6 is 11.3 Å². The van der Waals surface area contributed by atoms with Crippen molar-refractivity contribution >= 4 is 34.5 Å². The van der Waals surface area contributed by atoms with Gasteiger partial charge in [-0.3, -0.25) is 9.59 Å². The highest BCUT2D eigenvalue weighted by atomic mass is 32.1. The van der Waals surface area contributed by atoms with E-state index in [1.165, 1.54) is 16.9 Å². The molecule has 154 valence electrons. The van der Waals surface area contributed by atoms with Crippen LogP contribution < -0.4 is 10.2 Å². The van der Waals surface area contributed by atoms with Gasteiger partial charge in [-0.15, -0.1) is 11.3 Å². The van der Waals surface area contributed by atoms with Crippen molar-refractivity contribution in [1.29, 1.82) is 0 Å². The van der Waals surface area contributed by atoms with Crippen LogP contribution in [0.1, 0.15) is 58.3 Å². The van der Waals surface area contributed by atoms with E-state index in [9.17, 15) is 9.59 Å². The van der Waals surface area contributed by atoms with Crippen molar-refractivity contribution < 1.29 is 9.59 Å². The van der Waals surface area contributed by atoms with Crippen molar-refractivity contribution in [3.8, 4) is 0 Å². The number of benzene rings is 2. The van der Waals surface area contributed by atoms with Gasteiger partial charge in [-0.05, 0) is 71.2 Å². The Morgan fingerprint density at radius 3 is 2.47 bits per heavy atom. The standard InChI is InChI=1S/C25H26N2O2S/c1-25(2,3)19-10-8-17(9-11-19)23(28)26-20-12-13-21-18(16-20)6-4-14-27(21)24(29)22-7-5-15-30-22/h5,7-13,15-16H,4,6,14H2,1-3H3,(H,26,28). The fourth-order valence-electron chi connectivity index (χ4n) is 3.74. The van der Waals surface area contributed by atoms with Crippen molar-refractivity contribution in [2.45, 2.75) is 39.0 Å². The number of hydrogen-bond donors (Lipinski definition) is 1. The number of carbonyl (C=O) groups is 2. The molecular formula is C25H26N2O2S. The maximum Gasteiger partial charge on any atom is 0.268 e.